The Balaban J connectivity index is 3.73. The lowest BCUT2D eigenvalue weighted by molar-refractivity contribution is -0.165. The zero-order valence-corrected chi connectivity index (χ0v) is 9.09. The van der Waals surface area contributed by atoms with Gasteiger partial charge < -0.3 is 9.47 Å². The number of rotatable bonds is 4. The van der Waals surface area contributed by atoms with Crippen LogP contribution in [0.1, 0.15) is 13.8 Å². The minimum atomic E-state index is -0.770. The second-order valence-electron chi connectivity index (χ2n) is 2.69. The standard InChI is InChI=1S/C8H11BrO4/c1-4-6(10)12-5-13-7(11)8(2,3)9/h4H,1,5H2,2-3H3. The average molecular weight is 251 g/mol. The van der Waals surface area contributed by atoms with Crippen LogP contribution in [0.2, 0.25) is 0 Å². The second-order valence-corrected chi connectivity index (χ2v) is 4.67. The number of hydrogen-bond donors (Lipinski definition) is 0. The molecule has 74 valence electrons. The summed E-state index contributed by atoms with van der Waals surface area (Å²) >= 11 is 3.09. The van der Waals surface area contributed by atoms with E-state index in [1.807, 2.05) is 0 Å². The van der Waals surface area contributed by atoms with E-state index in [2.05, 4.69) is 32.0 Å². The fourth-order valence-electron chi connectivity index (χ4n) is 0.372. The summed E-state index contributed by atoms with van der Waals surface area (Å²) in [6, 6.07) is 0. The SMILES string of the molecule is C=CC(=O)OCOC(=O)C(C)(C)Br. The molecule has 0 saturated heterocycles. The molecule has 0 aromatic rings. The molecule has 0 saturated carbocycles. The topological polar surface area (TPSA) is 52.6 Å². The third kappa shape index (κ3) is 5.41. The van der Waals surface area contributed by atoms with Gasteiger partial charge in [0.2, 0.25) is 6.79 Å². The van der Waals surface area contributed by atoms with E-state index in [1.54, 1.807) is 13.8 Å². The second kappa shape index (κ2) is 5.01. The lowest BCUT2D eigenvalue weighted by Gasteiger charge is -2.13. The van der Waals surface area contributed by atoms with Crippen molar-refractivity contribution in [2.24, 2.45) is 0 Å². The first-order valence-electron chi connectivity index (χ1n) is 3.53. The molecular formula is C8H11BrO4. The molecule has 0 fully saturated rings. The zero-order valence-electron chi connectivity index (χ0n) is 7.50. The van der Waals surface area contributed by atoms with Gasteiger partial charge in [0.1, 0.15) is 4.32 Å². The van der Waals surface area contributed by atoms with Crippen LogP contribution in [-0.2, 0) is 19.1 Å². The minimum Gasteiger partial charge on any atom is -0.427 e. The molecule has 0 atom stereocenters. The molecule has 0 radical (unpaired) electrons. The summed E-state index contributed by atoms with van der Waals surface area (Å²) in [7, 11) is 0. The van der Waals surface area contributed by atoms with Crippen LogP contribution in [0.25, 0.3) is 0 Å². The Bertz CT molecular complexity index is 217. The van der Waals surface area contributed by atoms with Crippen LogP contribution in [0.5, 0.6) is 0 Å². The number of ether oxygens (including phenoxy) is 2. The highest BCUT2D eigenvalue weighted by atomic mass is 79.9. The molecule has 0 aliphatic heterocycles. The molecule has 4 nitrogen and oxygen atoms in total. The van der Waals surface area contributed by atoms with Gasteiger partial charge in [-0.25, -0.2) is 4.79 Å². The lowest BCUT2D eigenvalue weighted by atomic mass is 10.2. The quantitative estimate of drug-likeness (QED) is 0.328. The van der Waals surface area contributed by atoms with Gasteiger partial charge in [0.15, 0.2) is 0 Å². The van der Waals surface area contributed by atoms with Gasteiger partial charge in [-0.15, -0.1) is 0 Å². The number of hydrogen-bond acceptors (Lipinski definition) is 4. The van der Waals surface area contributed by atoms with Crippen molar-refractivity contribution in [2.45, 2.75) is 18.2 Å². The van der Waals surface area contributed by atoms with E-state index in [9.17, 15) is 9.59 Å². The molecule has 0 heterocycles. The predicted octanol–water partition coefficient (Wildman–Crippen LogP) is 1.39. The molecule has 0 rings (SSSR count). The third-order valence-corrected chi connectivity index (χ3v) is 1.37. The predicted molar refractivity (Wildman–Crippen MR) is 50.3 cm³/mol. The smallest absolute Gasteiger partial charge is 0.333 e. The Morgan fingerprint density at radius 2 is 2.00 bits per heavy atom. The summed E-state index contributed by atoms with van der Waals surface area (Å²) in [4.78, 5) is 21.5. The Morgan fingerprint density at radius 3 is 2.38 bits per heavy atom. The summed E-state index contributed by atoms with van der Waals surface area (Å²) in [5.74, 6) is -1.12. The van der Waals surface area contributed by atoms with Crippen LogP contribution >= 0.6 is 15.9 Å². The molecule has 0 amide bonds. The number of alkyl halides is 1. The highest BCUT2D eigenvalue weighted by molar-refractivity contribution is 9.10. The summed E-state index contributed by atoms with van der Waals surface area (Å²) < 4.78 is 8.27. The molecule has 13 heavy (non-hydrogen) atoms. The summed E-state index contributed by atoms with van der Waals surface area (Å²) in [5.41, 5.74) is 0. The lowest BCUT2D eigenvalue weighted by Crippen LogP contribution is -2.27. The molecule has 0 aromatic heterocycles. The van der Waals surface area contributed by atoms with E-state index >= 15 is 0 Å². The average Bonchev–Trinajstić information content (AvgIpc) is 2.02. The van der Waals surface area contributed by atoms with Crippen LogP contribution in [0.3, 0.4) is 0 Å². The fraction of sp³-hybridized carbons (Fsp3) is 0.500. The maximum absolute atomic E-state index is 11.0. The van der Waals surface area contributed by atoms with Gasteiger partial charge in [-0.1, -0.05) is 22.5 Å². The first-order chi connectivity index (χ1) is 5.88. The van der Waals surface area contributed by atoms with Crippen molar-refractivity contribution in [2.75, 3.05) is 6.79 Å². The number of carbonyl (C=O) groups excluding carboxylic acids is 2. The van der Waals surface area contributed by atoms with Crippen molar-refractivity contribution in [3.8, 4) is 0 Å². The van der Waals surface area contributed by atoms with Crippen molar-refractivity contribution in [1.29, 1.82) is 0 Å². The van der Waals surface area contributed by atoms with Crippen LogP contribution in [0.15, 0.2) is 12.7 Å². The fourth-order valence-corrected chi connectivity index (χ4v) is 0.486. The first-order valence-corrected chi connectivity index (χ1v) is 4.32. The van der Waals surface area contributed by atoms with Crippen LogP contribution in [-0.4, -0.2) is 23.1 Å². The van der Waals surface area contributed by atoms with Crippen molar-refractivity contribution < 1.29 is 19.1 Å². The maximum atomic E-state index is 11.0. The van der Waals surface area contributed by atoms with E-state index in [-0.39, 0.29) is 0 Å². The highest BCUT2D eigenvalue weighted by Gasteiger charge is 2.25. The van der Waals surface area contributed by atoms with Gasteiger partial charge >= 0.3 is 11.9 Å². The van der Waals surface area contributed by atoms with Crippen molar-refractivity contribution in [1.82, 2.24) is 0 Å². The number of esters is 2. The van der Waals surface area contributed by atoms with Crippen LogP contribution in [0.4, 0.5) is 0 Å². The zero-order chi connectivity index (χ0) is 10.5. The molecule has 0 aromatic carbocycles. The molecule has 0 aliphatic carbocycles. The van der Waals surface area contributed by atoms with Crippen molar-refractivity contribution >= 4 is 27.9 Å². The number of halogens is 1. The Labute approximate surface area is 85.0 Å². The first kappa shape index (κ1) is 12.2. The van der Waals surface area contributed by atoms with Gasteiger partial charge in [0.05, 0.1) is 0 Å². The van der Waals surface area contributed by atoms with E-state index in [0.717, 1.165) is 6.08 Å². The van der Waals surface area contributed by atoms with Gasteiger partial charge in [-0.2, -0.15) is 0 Å². The van der Waals surface area contributed by atoms with Crippen molar-refractivity contribution in [3.63, 3.8) is 0 Å². The van der Waals surface area contributed by atoms with E-state index in [4.69, 9.17) is 0 Å². The van der Waals surface area contributed by atoms with E-state index in [0.29, 0.717) is 0 Å². The molecule has 0 N–H and O–H groups in total. The molecule has 5 heteroatoms. The minimum absolute atomic E-state index is 0.390. The van der Waals surface area contributed by atoms with Crippen LogP contribution < -0.4 is 0 Å². The normalized spacial score (nSPS) is 10.4. The van der Waals surface area contributed by atoms with Gasteiger partial charge in [-0.3, -0.25) is 4.79 Å². The van der Waals surface area contributed by atoms with E-state index in [1.165, 1.54) is 0 Å². The van der Waals surface area contributed by atoms with Gasteiger partial charge in [-0.05, 0) is 13.8 Å². The maximum Gasteiger partial charge on any atom is 0.333 e. The van der Waals surface area contributed by atoms with Gasteiger partial charge in [0, 0.05) is 6.08 Å². The molecular weight excluding hydrogens is 240 g/mol. The third-order valence-electron chi connectivity index (χ3n) is 1.04. The summed E-state index contributed by atoms with van der Waals surface area (Å²) in [5, 5.41) is 0. The largest absolute Gasteiger partial charge is 0.427 e. The highest BCUT2D eigenvalue weighted by Crippen LogP contribution is 2.17. The Morgan fingerprint density at radius 1 is 1.46 bits per heavy atom. The van der Waals surface area contributed by atoms with Gasteiger partial charge in [0.25, 0.3) is 0 Å². The monoisotopic (exact) mass is 250 g/mol. The Hall–Kier alpha value is -0.840. The van der Waals surface area contributed by atoms with Crippen molar-refractivity contribution in [3.05, 3.63) is 12.7 Å². The summed E-state index contributed by atoms with van der Waals surface area (Å²) in [6.07, 6.45) is 0.993. The van der Waals surface area contributed by atoms with Crippen LogP contribution in [0, 0.1) is 0 Å². The molecule has 0 unspecified atom stereocenters. The number of carbonyl (C=O) groups is 2. The summed E-state index contributed by atoms with van der Waals surface area (Å²) in [6.45, 7) is 6.05. The van der Waals surface area contributed by atoms with E-state index < -0.39 is 23.1 Å². The molecule has 0 spiro atoms. The Kier molecular flexibility index (Phi) is 4.69. The molecule has 0 bridgehead atoms. The molecule has 0 aliphatic rings.